The van der Waals surface area contributed by atoms with E-state index in [-0.39, 0.29) is 17.8 Å². The van der Waals surface area contributed by atoms with Crippen molar-refractivity contribution in [3.8, 4) is 0 Å². The minimum atomic E-state index is -1.34. The molecule has 0 bridgehead atoms. The van der Waals surface area contributed by atoms with Gasteiger partial charge >= 0.3 is 5.97 Å². The summed E-state index contributed by atoms with van der Waals surface area (Å²) in [4.78, 5) is 24.6. The number of non-ortho nitro benzene ring substituents is 1. The Morgan fingerprint density at radius 1 is 1.23 bits per heavy atom. The van der Waals surface area contributed by atoms with Crippen LogP contribution in [0, 0.1) is 10.1 Å². The largest absolute Gasteiger partial charge is 0.480 e. The lowest BCUT2D eigenvalue weighted by Gasteiger charge is -2.43. The highest BCUT2D eigenvalue weighted by Gasteiger charge is 2.65. The van der Waals surface area contributed by atoms with Gasteiger partial charge in [0.15, 0.2) is 5.54 Å². The van der Waals surface area contributed by atoms with Crippen molar-refractivity contribution in [2.45, 2.75) is 30.7 Å². The topological polar surface area (TPSA) is 92.7 Å². The molecule has 1 unspecified atom stereocenters. The number of ether oxygens (including phenoxy) is 1. The Morgan fingerprint density at radius 2 is 1.88 bits per heavy atom. The number of fused-ring (bicyclic) bond motifs is 1. The fourth-order valence-corrected chi connectivity index (χ4v) is 4.06. The number of aliphatic carboxylic acids is 1. The maximum atomic E-state index is 12.3. The zero-order valence-electron chi connectivity index (χ0n) is 14.1. The molecule has 2 aliphatic heterocycles. The van der Waals surface area contributed by atoms with Crippen molar-refractivity contribution in [1.29, 1.82) is 0 Å². The van der Waals surface area contributed by atoms with Crippen LogP contribution in [0.4, 0.5) is 5.69 Å². The number of carboxylic acids is 1. The van der Waals surface area contributed by atoms with Crippen LogP contribution in [0.5, 0.6) is 0 Å². The summed E-state index contributed by atoms with van der Waals surface area (Å²) < 4.78 is 6.18. The van der Waals surface area contributed by atoms with Crippen LogP contribution in [0.2, 0.25) is 0 Å². The summed E-state index contributed by atoms with van der Waals surface area (Å²) in [5, 5.41) is 21.0. The van der Waals surface area contributed by atoms with E-state index < -0.39 is 22.5 Å². The summed E-state index contributed by atoms with van der Waals surface area (Å²) in [6.07, 6.45) is -0.804. The number of rotatable bonds is 4. The van der Waals surface area contributed by atoms with Gasteiger partial charge in [0.25, 0.3) is 5.69 Å². The summed E-state index contributed by atoms with van der Waals surface area (Å²) in [7, 11) is 0. The molecule has 4 rings (SSSR count). The van der Waals surface area contributed by atoms with Gasteiger partial charge in [-0.1, -0.05) is 30.3 Å². The number of nitrogens with zero attached hydrogens (tertiary/aromatic N) is 2. The Balaban J connectivity index is 1.72. The van der Waals surface area contributed by atoms with Crippen molar-refractivity contribution >= 4 is 11.7 Å². The second kappa shape index (κ2) is 5.89. The predicted octanol–water partition coefficient (Wildman–Crippen LogP) is 2.72. The van der Waals surface area contributed by atoms with Gasteiger partial charge in [0, 0.05) is 18.7 Å². The lowest BCUT2D eigenvalue weighted by Crippen LogP contribution is -2.56. The van der Waals surface area contributed by atoms with E-state index in [1.165, 1.54) is 24.3 Å². The van der Waals surface area contributed by atoms with Crippen molar-refractivity contribution < 1.29 is 19.6 Å². The van der Waals surface area contributed by atoms with Crippen molar-refractivity contribution in [2.24, 2.45) is 0 Å². The van der Waals surface area contributed by atoms with Gasteiger partial charge in [0.1, 0.15) is 0 Å². The average molecular weight is 354 g/mol. The third kappa shape index (κ3) is 2.32. The van der Waals surface area contributed by atoms with Crippen molar-refractivity contribution in [1.82, 2.24) is 4.90 Å². The van der Waals surface area contributed by atoms with Crippen molar-refractivity contribution in [2.75, 3.05) is 6.54 Å². The van der Waals surface area contributed by atoms with E-state index in [0.29, 0.717) is 12.1 Å². The van der Waals surface area contributed by atoms with Crippen LogP contribution in [-0.2, 0) is 15.1 Å². The second-order valence-electron chi connectivity index (χ2n) is 6.70. The summed E-state index contributed by atoms with van der Waals surface area (Å²) in [6.45, 7) is 2.35. The van der Waals surface area contributed by atoms with Crippen LogP contribution in [0.1, 0.15) is 24.2 Å². The van der Waals surface area contributed by atoms with Crippen molar-refractivity contribution in [3.63, 3.8) is 0 Å². The number of morpholine rings is 1. The first-order valence-corrected chi connectivity index (χ1v) is 8.41. The molecule has 2 aliphatic rings. The molecule has 0 spiro atoms. The van der Waals surface area contributed by atoms with Crippen LogP contribution in [0.25, 0.3) is 0 Å². The minimum Gasteiger partial charge on any atom is -0.480 e. The highest BCUT2D eigenvalue weighted by molar-refractivity contribution is 5.83. The quantitative estimate of drug-likeness (QED) is 0.515. The number of nitro benzene ring substituents is 1. The number of benzene rings is 2. The molecule has 0 aliphatic carbocycles. The Kier molecular flexibility index (Phi) is 3.78. The van der Waals surface area contributed by atoms with Crippen molar-refractivity contribution in [3.05, 3.63) is 75.8 Å². The van der Waals surface area contributed by atoms with E-state index in [1.54, 1.807) is 6.92 Å². The summed E-state index contributed by atoms with van der Waals surface area (Å²) in [5.74, 6) is -1.01. The molecular weight excluding hydrogens is 336 g/mol. The van der Waals surface area contributed by atoms with E-state index in [2.05, 4.69) is 0 Å². The van der Waals surface area contributed by atoms with Gasteiger partial charge in [0.05, 0.1) is 23.2 Å². The molecule has 2 fully saturated rings. The van der Waals surface area contributed by atoms with Gasteiger partial charge < -0.3 is 9.84 Å². The molecule has 7 heteroatoms. The smallest absolute Gasteiger partial charge is 0.331 e. The Bertz CT molecular complexity index is 850. The molecule has 26 heavy (non-hydrogen) atoms. The van der Waals surface area contributed by atoms with Crippen LogP contribution in [0.3, 0.4) is 0 Å². The van der Waals surface area contributed by atoms with Gasteiger partial charge in [-0.15, -0.1) is 0 Å². The number of hydrogen-bond donors (Lipinski definition) is 1. The first-order valence-electron chi connectivity index (χ1n) is 8.41. The molecular formula is C19H18N2O5. The lowest BCUT2D eigenvalue weighted by molar-refractivity contribution is -0.384. The zero-order chi connectivity index (χ0) is 18.5. The van der Waals surface area contributed by atoms with Gasteiger partial charge in [-0.2, -0.15) is 0 Å². The third-order valence-corrected chi connectivity index (χ3v) is 5.36. The maximum Gasteiger partial charge on any atom is 0.331 e. The maximum absolute atomic E-state index is 12.3. The molecule has 0 saturated carbocycles. The number of hydrogen-bond acceptors (Lipinski definition) is 5. The average Bonchev–Trinajstić information content (AvgIpc) is 3.42. The highest BCUT2D eigenvalue weighted by atomic mass is 16.6. The first-order chi connectivity index (χ1) is 12.5. The second-order valence-corrected chi connectivity index (χ2v) is 6.70. The molecule has 0 aromatic heterocycles. The Labute approximate surface area is 150 Å². The summed E-state index contributed by atoms with van der Waals surface area (Å²) in [6, 6.07) is 15.5. The lowest BCUT2D eigenvalue weighted by atomic mass is 9.82. The fourth-order valence-electron chi connectivity index (χ4n) is 4.06. The zero-order valence-corrected chi connectivity index (χ0v) is 14.1. The predicted molar refractivity (Wildman–Crippen MR) is 92.6 cm³/mol. The molecule has 2 saturated heterocycles. The van der Waals surface area contributed by atoms with E-state index in [1.807, 2.05) is 35.2 Å². The number of nitro groups is 1. The van der Waals surface area contributed by atoms with Crippen LogP contribution < -0.4 is 0 Å². The Hall–Kier alpha value is -2.77. The van der Waals surface area contributed by atoms with Gasteiger partial charge in [0.2, 0.25) is 0 Å². The van der Waals surface area contributed by atoms with Crippen LogP contribution in [-0.4, -0.2) is 39.6 Å². The van der Waals surface area contributed by atoms with E-state index in [9.17, 15) is 20.0 Å². The molecule has 0 radical (unpaired) electrons. The van der Waals surface area contributed by atoms with Gasteiger partial charge in [-0.05, 0) is 30.2 Å². The molecule has 7 nitrogen and oxygen atoms in total. The van der Waals surface area contributed by atoms with Crippen LogP contribution in [0.15, 0.2) is 54.6 Å². The molecule has 1 N–H and O–H groups in total. The third-order valence-electron chi connectivity index (χ3n) is 5.36. The normalized spacial score (nSPS) is 32.5. The fraction of sp³-hybridized carbons (Fsp3) is 0.316. The molecule has 134 valence electrons. The summed E-state index contributed by atoms with van der Waals surface area (Å²) >= 11 is 0. The number of carbonyl (C=O) groups is 1. The first kappa shape index (κ1) is 16.7. The van der Waals surface area contributed by atoms with Gasteiger partial charge in [-0.25, -0.2) is 4.79 Å². The van der Waals surface area contributed by atoms with E-state index >= 15 is 0 Å². The molecule has 0 amide bonds. The summed E-state index contributed by atoms with van der Waals surface area (Å²) in [5.41, 5.74) is 0.111. The minimum absolute atomic E-state index is 0.0279. The monoisotopic (exact) mass is 354 g/mol. The molecule has 2 heterocycles. The highest BCUT2D eigenvalue weighted by Crippen LogP contribution is 2.52. The SMILES string of the molecule is C[C@@H]1O[C@H](c2ccccc2)[C@H]2CN2[C@]1(C(=O)O)c1ccc([N+](=O)[O-])cc1. The Morgan fingerprint density at radius 3 is 2.46 bits per heavy atom. The van der Waals surface area contributed by atoms with E-state index in [0.717, 1.165) is 5.56 Å². The van der Waals surface area contributed by atoms with Crippen LogP contribution >= 0.6 is 0 Å². The number of carboxylic acid groups (broad SMARTS) is 1. The molecule has 2 aromatic rings. The van der Waals surface area contributed by atoms with Gasteiger partial charge in [-0.3, -0.25) is 15.0 Å². The molecule has 2 aromatic carbocycles. The standard InChI is InChI=1S/C19H18N2O5/c1-12-19(18(22)23,14-7-9-15(10-8-14)21(24)25)20-11-16(20)17(26-12)13-5-3-2-4-6-13/h2-10,12,16-17H,11H2,1H3,(H,22,23)/t12-,16+,17+,19-,20?/m0/s1. The van der Waals surface area contributed by atoms with E-state index in [4.69, 9.17) is 4.74 Å². The molecule has 5 atom stereocenters.